The Morgan fingerprint density at radius 2 is 1.84 bits per heavy atom. The van der Waals surface area contributed by atoms with Crippen LogP contribution in [0.4, 0.5) is 0 Å². The quantitative estimate of drug-likeness (QED) is 0.793. The molecule has 0 radical (unpaired) electrons. The number of aromatic nitrogens is 5. The number of imidazole rings is 1. The molecule has 0 bridgehead atoms. The van der Waals surface area contributed by atoms with E-state index in [1.165, 1.54) is 0 Å². The van der Waals surface area contributed by atoms with Gasteiger partial charge in [-0.05, 0) is 44.7 Å². The van der Waals surface area contributed by atoms with Gasteiger partial charge in [-0.15, -0.1) is 10.2 Å². The van der Waals surface area contributed by atoms with Gasteiger partial charge in [0.25, 0.3) is 0 Å². The molecule has 1 amide bonds. The second kappa shape index (κ2) is 6.66. The Morgan fingerprint density at radius 1 is 1.12 bits per heavy atom. The maximum absolute atomic E-state index is 12.7. The smallest absolute Gasteiger partial charge is 0.243 e. The van der Waals surface area contributed by atoms with Gasteiger partial charge >= 0.3 is 0 Å². The van der Waals surface area contributed by atoms with Crippen LogP contribution in [0.25, 0.3) is 11.0 Å². The minimum atomic E-state index is -0.275. The molecule has 1 atom stereocenters. The zero-order valence-electron chi connectivity index (χ0n) is 14.2. The lowest BCUT2D eigenvalue weighted by Crippen LogP contribution is -2.41. The number of para-hydroxylation sites is 2. The maximum atomic E-state index is 12.7. The fourth-order valence-electron chi connectivity index (χ4n) is 3.65. The first kappa shape index (κ1) is 15.8. The van der Waals surface area contributed by atoms with Crippen molar-refractivity contribution in [3.05, 3.63) is 43.2 Å². The van der Waals surface area contributed by atoms with E-state index in [1.807, 2.05) is 35.8 Å². The number of hydrogen-bond acceptors (Lipinski definition) is 4. The van der Waals surface area contributed by atoms with E-state index in [4.69, 9.17) is 0 Å². The number of hydrogen-bond donors (Lipinski definition) is 1. The predicted octanol–water partition coefficient (Wildman–Crippen LogP) is 2.49. The molecule has 1 fully saturated rings. The predicted molar refractivity (Wildman–Crippen MR) is 93.9 cm³/mol. The minimum Gasteiger partial charge on any atom is -0.352 e. The van der Waals surface area contributed by atoms with Gasteiger partial charge in [0, 0.05) is 12.1 Å². The van der Waals surface area contributed by atoms with Crippen LogP contribution in [-0.4, -0.2) is 36.3 Å². The summed E-state index contributed by atoms with van der Waals surface area (Å²) in [5, 5.41) is 11.0. The molecule has 0 aliphatic heterocycles. The molecule has 1 aromatic carbocycles. The third kappa shape index (κ3) is 3.14. The van der Waals surface area contributed by atoms with Gasteiger partial charge in [-0.25, -0.2) is 4.98 Å². The molecule has 1 aliphatic rings. The number of nitrogens with one attached hydrogen (secondary N) is 1. The molecule has 1 N–H and O–H groups in total. The van der Waals surface area contributed by atoms with Crippen molar-refractivity contribution in [1.82, 2.24) is 29.6 Å². The molecule has 0 spiro atoms. The third-order valence-electron chi connectivity index (χ3n) is 5.18. The second-order valence-corrected chi connectivity index (χ2v) is 6.74. The third-order valence-corrected chi connectivity index (χ3v) is 5.18. The number of nitrogens with zero attached hydrogens (tertiary/aromatic N) is 5. The molecule has 4 rings (SSSR count). The van der Waals surface area contributed by atoms with Crippen LogP contribution in [0.5, 0.6) is 0 Å². The molecule has 25 heavy (non-hydrogen) atoms. The van der Waals surface area contributed by atoms with Crippen molar-refractivity contribution in [2.45, 2.75) is 50.7 Å². The van der Waals surface area contributed by atoms with E-state index in [-0.39, 0.29) is 18.0 Å². The highest BCUT2D eigenvalue weighted by atomic mass is 16.2. The lowest BCUT2D eigenvalue weighted by Gasteiger charge is -2.30. The zero-order valence-corrected chi connectivity index (χ0v) is 14.2. The Labute approximate surface area is 146 Å². The van der Waals surface area contributed by atoms with Crippen molar-refractivity contribution >= 4 is 16.9 Å². The first-order chi connectivity index (χ1) is 12.2. The minimum absolute atomic E-state index is 0.0518. The highest BCUT2D eigenvalue weighted by molar-refractivity contribution is 5.83. The molecule has 7 nitrogen and oxygen atoms in total. The van der Waals surface area contributed by atoms with Crippen LogP contribution in [0.3, 0.4) is 0 Å². The normalized spacial score (nSPS) is 22.0. The Kier molecular flexibility index (Phi) is 4.21. The van der Waals surface area contributed by atoms with Crippen LogP contribution in [0, 0.1) is 0 Å². The maximum Gasteiger partial charge on any atom is 0.243 e. The number of carbonyl (C=O) groups is 1. The average molecular weight is 338 g/mol. The zero-order chi connectivity index (χ0) is 17.2. The van der Waals surface area contributed by atoms with Crippen LogP contribution < -0.4 is 5.32 Å². The lowest BCUT2D eigenvalue weighted by atomic mass is 9.91. The van der Waals surface area contributed by atoms with Crippen molar-refractivity contribution in [3.63, 3.8) is 0 Å². The second-order valence-electron chi connectivity index (χ2n) is 6.74. The fraction of sp³-hybridized carbons (Fsp3) is 0.444. The molecule has 2 heterocycles. The van der Waals surface area contributed by atoms with E-state index in [0.29, 0.717) is 6.04 Å². The Morgan fingerprint density at radius 3 is 2.60 bits per heavy atom. The number of amides is 1. The van der Waals surface area contributed by atoms with E-state index in [9.17, 15) is 4.79 Å². The summed E-state index contributed by atoms with van der Waals surface area (Å²) >= 11 is 0. The Bertz CT molecular complexity index is 847. The molecule has 3 aromatic rings. The molecule has 1 saturated carbocycles. The van der Waals surface area contributed by atoms with Crippen molar-refractivity contribution < 1.29 is 4.79 Å². The van der Waals surface area contributed by atoms with Crippen molar-refractivity contribution in [2.24, 2.45) is 0 Å². The van der Waals surface area contributed by atoms with E-state index >= 15 is 0 Å². The lowest BCUT2D eigenvalue weighted by molar-refractivity contribution is -0.124. The van der Waals surface area contributed by atoms with E-state index in [0.717, 1.165) is 36.7 Å². The van der Waals surface area contributed by atoms with Crippen LogP contribution in [-0.2, 0) is 4.79 Å². The average Bonchev–Trinajstić information content (AvgIpc) is 3.31. The van der Waals surface area contributed by atoms with Crippen LogP contribution in [0.1, 0.15) is 44.7 Å². The molecular formula is C18H22N6O. The van der Waals surface area contributed by atoms with E-state index in [2.05, 4.69) is 25.1 Å². The van der Waals surface area contributed by atoms with Gasteiger partial charge in [0.05, 0.1) is 17.4 Å². The summed E-state index contributed by atoms with van der Waals surface area (Å²) in [5.74, 6) is 0.0518. The Balaban J connectivity index is 1.37. The molecular weight excluding hydrogens is 316 g/mol. The summed E-state index contributed by atoms with van der Waals surface area (Å²) in [5.41, 5.74) is 1.90. The van der Waals surface area contributed by atoms with Crippen molar-refractivity contribution in [3.8, 4) is 0 Å². The molecule has 1 aliphatic carbocycles. The summed E-state index contributed by atoms with van der Waals surface area (Å²) in [6.07, 6.45) is 9.32. The number of fused-ring (bicyclic) bond motifs is 1. The molecule has 130 valence electrons. The van der Waals surface area contributed by atoms with Gasteiger partial charge in [0.1, 0.15) is 18.7 Å². The summed E-state index contributed by atoms with van der Waals surface area (Å²) < 4.78 is 4.01. The van der Waals surface area contributed by atoms with Gasteiger partial charge in [-0.3, -0.25) is 4.79 Å². The number of carbonyl (C=O) groups excluding carboxylic acids is 1. The van der Waals surface area contributed by atoms with Crippen molar-refractivity contribution in [1.29, 1.82) is 0 Å². The SMILES string of the molecule is C[C@H](C(=O)NC1CCC(n2cnnc2)CC1)n1cnc2ccccc21. The van der Waals surface area contributed by atoms with Gasteiger partial charge in [0.2, 0.25) is 5.91 Å². The fourth-order valence-corrected chi connectivity index (χ4v) is 3.65. The molecule has 2 aromatic heterocycles. The monoisotopic (exact) mass is 338 g/mol. The number of rotatable bonds is 4. The first-order valence-electron chi connectivity index (χ1n) is 8.78. The van der Waals surface area contributed by atoms with Gasteiger partial charge < -0.3 is 14.5 Å². The summed E-state index contributed by atoms with van der Waals surface area (Å²) in [7, 11) is 0. The topological polar surface area (TPSA) is 77.6 Å². The largest absolute Gasteiger partial charge is 0.352 e. The molecule has 0 unspecified atom stereocenters. The van der Waals surface area contributed by atoms with Crippen LogP contribution in [0.15, 0.2) is 43.2 Å². The van der Waals surface area contributed by atoms with Gasteiger partial charge in [-0.2, -0.15) is 0 Å². The van der Waals surface area contributed by atoms with Gasteiger partial charge in [0.15, 0.2) is 0 Å². The highest BCUT2D eigenvalue weighted by Gasteiger charge is 2.25. The van der Waals surface area contributed by atoms with Crippen LogP contribution in [0.2, 0.25) is 0 Å². The van der Waals surface area contributed by atoms with E-state index in [1.54, 1.807) is 19.0 Å². The van der Waals surface area contributed by atoms with Crippen LogP contribution >= 0.6 is 0 Å². The number of benzene rings is 1. The molecule has 7 heteroatoms. The standard InChI is InChI=1S/C18H22N6O/c1-13(24-10-19-16-4-2-3-5-17(16)24)18(25)22-14-6-8-15(9-7-14)23-11-20-21-12-23/h2-5,10-15H,6-9H2,1H3,(H,22,25)/t13-,14?,15?/m1/s1. The molecule has 0 saturated heterocycles. The van der Waals surface area contributed by atoms with E-state index < -0.39 is 0 Å². The Hall–Kier alpha value is -2.70. The summed E-state index contributed by atoms with van der Waals surface area (Å²) in [6.45, 7) is 1.92. The van der Waals surface area contributed by atoms with Crippen molar-refractivity contribution in [2.75, 3.05) is 0 Å². The van der Waals surface area contributed by atoms with Gasteiger partial charge in [-0.1, -0.05) is 12.1 Å². The summed E-state index contributed by atoms with van der Waals surface area (Å²) in [6, 6.07) is 8.29. The first-order valence-corrected chi connectivity index (χ1v) is 8.78. The summed E-state index contributed by atoms with van der Waals surface area (Å²) in [4.78, 5) is 17.1. The highest BCUT2D eigenvalue weighted by Crippen LogP contribution is 2.28.